The zero-order valence-corrected chi connectivity index (χ0v) is 10.6. The SMILES string of the molecule is N#CCN1CCC[C@H]1c1ccccc1I. The van der Waals surface area contributed by atoms with Gasteiger partial charge >= 0.3 is 0 Å². The second kappa shape index (κ2) is 4.95. The van der Waals surface area contributed by atoms with Crippen LogP contribution in [-0.2, 0) is 0 Å². The molecule has 1 saturated heterocycles. The molecule has 1 fully saturated rings. The molecule has 0 aliphatic carbocycles. The number of nitriles is 1. The third-order valence-electron chi connectivity index (χ3n) is 2.90. The van der Waals surface area contributed by atoms with E-state index in [0.717, 1.165) is 6.54 Å². The van der Waals surface area contributed by atoms with Gasteiger partial charge in [0, 0.05) is 9.61 Å². The highest BCUT2D eigenvalue weighted by Gasteiger charge is 2.26. The lowest BCUT2D eigenvalue weighted by Crippen LogP contribution is -2.24. The fourth-order valence-corrected chi connectivity index (χ4v) is 2.95. The maximum Gasteiger partial charge on any atom is 0.0871 e. The van der Waals surface area contributed by atoms with Crippen LogP contribution in [0.1, 0.15) is 24.4 Å². The van der Waals surface area contributed by atoms with Crippen LogP contribution in [0.15, 0.2) is 24.3 Å². The van der Waals surface area contributed by atoms with Crippen LogP contribution in [0.3, 0.4) is 0 Å². The first-order valence-electron chi connectivity index (χ1n) is 5.18. The maximum absolute atomic E-state index is 8.77. The molecule has 78 valence electrons. The van der Waals surface area contributed by atoms with Gasteiger partial charge in [-0.05, 0) is 53.6 Å². The molecule has 15 heavy (non-hydrogen) atoms. The standard InChI is InChI=1S/C12H13IN2/c13-11-5-2-1-4-10(11)12-6-3-8-15(12)9-7-14/h1-2,4-5,12H,3,6,8-9H2/t12-/m0/s1. The smallest absolute Gasteiger partial charge is 0.0871 e. The van der Waals surface area contributed by atoms with Gasteiger partial charge in [-0.1, -0.05) is 18.2 Å². The van der Waals surface area contributed by atoms with Gasteiger partial charge in [0.25, 0.3) is 0 Å². The van der Waals surface area contributed by atoms with Crippen molar-refractivity contribution in [1.29, 1.82) is 5.26 Å². The minimum Gasteiger partial charge on any atom is -0.283 e. The molecule has 3 heteroatoms. The van der Waals surface area contributed by atoms with Gasteiger partial charge in [-0.15, -0.1) is 0 Å². The predicted octanol–water partition coefficient (Wildman–Crippen LogP) is 2.95. The van der Waals surface area contributed by atoms with Crippen molar-refractivity contribution in [3.63, 3.8) is 0 Å². The van der Waals surface area contributed by atoms with Crippen LogP contribution in [-0.4, -0.2) is 18.0 Å². The first-order valence-corrected chi connectivity index (χ1v) is 6.26. The maximum atomic E-state index is 8.77. The number of hydrogen-bond acceptors (Lipinski definition) is 2. The number of halogens is 1. The lowest BCUT2D eigenvalue weighted by atomic mass is 10.0. The quantitative estimate of drug-likeness (QED) is 0.620. The monoisotopic (exact) mass is 312 g/mol. The lowest BCUT2D eigenvalue weighted by Gasteiger charge is -2.22. The van der Waals surface area contributed by atoms with E-state index in [1.165, 1.54) is 22.0 Å². The van der Waals surface area contributed by atoms with Gasteiger partial charge in [0.05, 0.1) is 12.6 Å². The van der Waals surface area contributed by atoms with Crippen molar-refractivity contribution in [2.75, 3.05) is 13.1 Å². The summed E-state index contributed by atoms with van der Waals surface area (Å²) in [5.41, 5.74) is 1.38. The van der Waals surface area contributed by atoms with Crippen LogP contribution in [0.5, 0.6) is 0 Å². The van der Waals surface area contributed by atoms with Crippen molar-refractivity contribution in [3.8, 4) is 6.07 Å². The molecule has 0 amide bonds. The van der Waals surface area contributed by atoms with E-state index in [1.54, 1.807) is 0 Å². The fourth-order valence-electron chi connectivity index (χ4n) is 2.20. The van der Waals surface area contributed by atoms with Gasteiger partial charge in [0.1, 0.15) is 0 Å². The summed E-state index contributed by atoms with van der Waals surface area (Å²) >= 11 is 2.38. The average Bonchev–Trinajstić information content (AvgIpc) is 2.67. The summed E-state index contributed by atoms with van der Waals surface area (Å²) in [5.74, 6) is 0. The molecular weight excluding hydrogens is 299 g/mol. The van der Waals surface area contributed by atoms with Gasteiger partial charge in [0.15, 0.2) is 0 Å². The normalized spacial score (nSPS) is 21.5. The van der Waals surface area contributed by atoms with E-state index < -0.39 is 0 Å². The molecule has 1 aliphatic rings. The largest absolute Gasteiger partial charge is 0.283 e. The van der Waals surface area contributed by atoms with Gasteiger partial charge in [0.2, 0.25) is 0 Å². The molecule has 1 heterocycles. The van der Waals surface area contributed by atoms with Gasteiger partial charge in [-0.3, -0.25) is 4.90 Å². The molecule has 1 atom stereocenters. The highest BCUT2D eigenvalue weighted by molar-refractivity contribution is 14.1. The number of rotatable bonds is 2. The molecule has 0 unspecified atom stereocenters. The van der Waals surface area contributed by atoms with Crippen LogP contribution in [0.4, 0.5) is 0 Å². The summed E-state index contributed by atoms with van der Waals surface area (Å²) in [7, 11) is 0. The van der Waals surface area contributed by atoms with Crippen molar-refractivity contribution < 1.29 is 0 Å². The van der Waals surface area contributed by atoms with E-state index in [4.69, 9.17) is 5.26 Å². The highest BCUT2D eigenvalue weighted by Crippen LogP contribution is 2.33. The van der Waals surface area contributed by atoms with Crippen LogP contribution < -0.4 is 0 Å². The van der Waals surface area contributed by atoms with E-state index in [1.807, 2.05) is 0 Å². The summed E-state index contributed by atoms with van der Waals surface area (Å²) in [6.07, 6.45) is 2.39. The first kappa shape index (κ1) is 10.9. The molecule has 0 aromatic heterocycles. The summed E-state index contributed by atoms with van der Waals surface area (Å²) in [5, 5.41) is 8.77. The Hall–Kier alpha value is -0.600. The summed E-state index contributed by atoms with van der Waals surface area (Å²) < 4.78 is 1.31. The van der Waals surface area contributed by atoms with Crippen LogP contribution in [0.2, 0.25) is 0 Å². The Balaban J connectivity index is 2.23. The molecular formula is C12H13IN2. The minimum absolute atomic E-state index is 0.456. The van der Waals surface area contributed by atoms with Crippen molar-refractivity contribution >= 4 is 22.6 Å². The second-order valence-electron chi connectivity index (χ2n) is 3.81. The third kappa shape index (κ3) is 2.32. The van der Waals surface area contributed by atoms with Crippen molar-refractivity contribution in [2.24, 2.45) is 0 Å². The third-order valence-corrected chi connectivity index (χ3v) is 3.88. The van der Waals surface area contributed by atoms with Gasteiger partial charge in [-0.25, -0.2) is 0 Å². The fraction of sp³-hybridized carbons (Fsp3) is 0.417. The Bertz CT molecular complexity index is 383. The molecule has 0 spiro atoms. The molecule has 2 rings (SSSR count). The highest BCUT2D eigenvalue weighted by atomic mass is 127. The van der Waals surface area contributed by atoms with Crippen molar-refractivity contribution in [2.45, 2.75) is 18.9 Å². The molecule has 2 nitrogen and oxygen atoms in total. The molecule has 0 N–H and O–H groups in total. The lowest BCUT2D eigenvalue weighted by molar-refractivity contribution is 0.288. The van der Waals surface area contributed by atoms with Crippen molar-refractivity contribution in [3.05, 3.63) is 33.4 Å². The summed E-state index contributed by atoms with van der Waals surface area (Å²) in [6, 6.07) is 11.2. The average molecular weight is 312 g/mol. The van der Waals surface area contributed by atoms with Crippen molar-refractivity contribution in [1.82, 2.24) is 4.90 Å². The van der Waals surface area contributed by atoms with Gasteiger partial charge in [-0.2, -0.15) is 5.26 Å². The first-order chi connectivity index (χ1) is 7.33. The molecule has 0 saturated carbocycles. The Morgan fingerprint density at radius 1 is 1.47 bits per heavy atom. The Kier molecular flexibility index (Phi) is 3.60. The number of likely N-dealkylation sites (tertiary alicyclic amines) is 1. The van der Waals surface area contributed by atoms with E-state index in [0.29, 0.717) is 12.6 Å². The van der Waals surface area contributed by atoms with E-state index >= 15 is 0 Å². The molecule has 1 aliphatic heterocycles. The van der Waals surface area contributed by atoms with Crippen LogP contribution in [0, 0.1) is 14.9 Å². The zero-order chi connectivity index (χ0) is 10.7. The van der Waals surface area contributed by atoms with Crippen LogP contribution in [0.25, 0.3) is 0 Å². The Labute approximate surface area is 104 Å². The minimum atomic E-state index is 0.456. The Morgan fingerprint density at radius 3 is 3.00 bits per heavy atom. The molecule has 1 aromatic rings. The number of hydrogen-bond donors (Lipinski definition) is 0. The number of benzene rings is 1. The van der Waals surface area contributed by atoms with Gasteiger partial charge < -0.3 is 0 Å². The zero-order valence-electron chi connectivity index (χ0n) is 8.49. The van der Waals surface area contributed by atoms with E-state index in [-0.39, 0.29) is 0 Å². The predicted molar refractivity (Wildman–Crippen MR) is 68.3 cm³/mol. The molecule has 1 aromatic carbocycles. The molecule has 0 radical (unpaired) electrons. The van der Waals surface area contributed by atoms with E-state index in [2.05, 4.69) is 57.8 Å². The second-order valence-corrected chi connectivity index (χ2v) is 4.97. The molecule has 0 bridgehead atoms. The summed E-state index contributed by atoms with van der Waals surface area (Å²) in [4.78, 5) is 2.28. The number of nitrogens with zero attached hydrogens (tertiary/aromatic N) is 2. The van der Waals surface area contributed by atoms with Crippen LogP contribution >= 0.6 is 22.6 Å². The van der Waals surface area contributed by atoms with E-state index in [9.17, 15) is 0 Å². The topological polar surface area (TPSA) is 27.0 Å². The summed E-state index contributed by atoms with van der Waals surface area (Å²) in [6.45, 7) is 1.61. The Morgan fingerprint density at radius 2 is 2.27 bits per heavy atom.